The van der Waals surface area contributed by atoms with Crippen LogP contribution in [0.5, 0.6) is 5.75 Å². The predicted molar refractivity (Wildman–Crippen MR) is 109 cm³/mol. The zero-order chi connectivity index (χ0) is 19.4. The van der Waals surface area contributed by atoms with Crippen molar-refractivity contribution in [1.29, 1.82) is 0 Å². The van der Waals surface area contributed by atoms with E-state index in [0.717, 1.165) is 28.2 Å². The van der Waals surface area contributed by atoms with Gasteiger partial charge in [-0.05, 0) is 46.9 Å². The Balaban J connectivity index is 2.03. The fourth-order valence-corrected chi connectivity index (χ4v) is 4.12. The van der Waals surface area contributed by atoms with Gasteiger partial charge in [0.2, 0.25) is 5.91 Å². The number of benzene rings is 2. The van der Waals surface area contributed by atoms with E-state index in [9.17, 15) is 9.59 Å². The zero-order valence-corrected chi connectivity index (χ0v) is 16.6. The van der Waals surface area contributed by atoms with Crippen LogP contribution in [-0.4, -0.2) is 30.4 Å². The molecule has 2 aromatic carbocycles. The summed E-state index contributed by atoms with van der Waals surface area (Å²) in [5.41, 5.74) is 4.65. The van der Waals surface area contributed by atoms with Crippen molar-refractivity contribution >= 4 is 29.2 Å². The summed E-state index contributed by atoms with van der Waals surface area (Å²) in [5, 5.41) is 0. The molecule has 1 heterocycles. The van der Waals surface area contributed by atoms with Crippen molar-refractivity contribution in [2.75, 3.05) is 13.6 Å². The maximum absolute atomic E-state index is 11.5. The highest BCUT2D eigenvalue weighted by Gasteiger charge is 2.19. The Morgan fingerprint density at radius 3 is 2.67 bits per heavy atom. The van der Waals surface area contributed by atoms with Crippen LogP contribution in [0, 0.1) is 0 Å². The van der Waals surface area contributed by atoms with Gasteiger partial charge in [0.05, 0.1) is 0 Å². The van der Waals surface area contributed by atoms with E-state index >= 15 is 0 Å². The molecule has 1 aliphatic heterocycles. The van der Waals surface area contributed by atoms with Gasteiger partial charge >= 0.3 is 5.97 Å². The summed E-state index contributed by atoms with van der Waals surface area (Å²) in [5.74, 6) is 1.17. The van der Waals surface area contributed by atoms with E-state index < -0.39 is 0 Å². The number of carbonyl (C=O) groups is 2. The summed E-state index contributed by atoms with van der Waals surface area (Å²) in [7, 11) is 1.81. The minimum Gasteiger partial charge on any atom is -0.427 e. The number of hydrogen-bond donors (Lipinski definition) is 0. The van der Waals surface area contributed by atoms with Crippen LogP contribution in [0.1, 0.15) is 37.0 Å². The molecule has 0 bridgehead atoms. The third-order valence-corrected chi connectivity index (χ3v) is 5.67. The second-order valence-electron chi connectivity index (χ2n) is 6.54. The van der Waals surface area contributed by atoms with Gasteiger partial charge < -0.3 is 9.64 Å². The van der Waals surface area contributed by atoms with Crippen molar-refractivity contribution in [3.05, 3.63) is 65.2 Å². The van der Waals surface area contributed by atoms with Crippen molar-refractivity contribution in [1.82, 2.24) is 4.90 Å². The lowest BCUT2D eigenvalue weighted by Gasteiger charge is -2.15. The van der Waals surface area contributed by atoms with E-state index in [0.29, 0.717) is 12.3 Å². The molecule has 0 radical (unpaired) electrons. The number of nitrogens with zero attached hydrogens (tertiary/aromatic N) is 1. The Labute approximate surface area is 164 Å². The minimum atomic E-state index is -0.328. The summed E-state index contributed by atoms with van der Waals surface area (Å²) >= 11 is 1.78. The standard InChI is InChI=1S/C22H23NO3S/c1-15(24)23(3)12-6-9-20-19-8-5-4-7-17(19)14-27-22-11-10-18(13-21(20)22)26-16(2)25/h4-5,7-11,13H,6,12,14H2,1-3H3/b20-9-. The van der Waals surface area contributed by atoms with Gasteiger partial charge in [0.1, 0.15) is 5.75 Å². The van der Waals surface area contributed by atoms with Gasteiger partial charge in [-0.15, -0.1) is 11.8 Å². The highest BCUT2D eigenvalue weighted by molar-refractivity contribution is 7.98. The Hall–Kier alpha value is -2.53. The summed E-state index contributed by atoms with van der Waals surface area (Å²) in [6.07, 6.45) is 2.93. The second kappa shape index (κ2) is 8.44. The highest BCUT2D eigenvalue weighted by atomic mass is 32.2. The molecular weight excluding hydrogens is 358 g/mol. The molecule has 0 N–H and O–H groups in total. The van der Waals surface area contributed by atoms with Gasteiger partial charge in [-0.3, -0.25) is 9.59 Å². The van der Waals surface area contributed by atoms with Crippen LogP contribution < -0.4 is 4.74 Å². The van der Waals surface area contributed by atoms with Gasteiger partial charge in [-0.2, -0.15) is 0 Å². The Morgan fingerprint density at radius 2 is 1.93 bits per heavy atom. The molecule has 0 saturated heterocycles. The van der Waals surface area contributed by atoms with E-state index in [1.807, 2.05) is 31.3 Å². The van der Waals surface area contributed by atoms with E-state index in [1.165, 1.54) is 18.1 Å². The van der Waals surface area contributed by atoms with Crippen molar-refractivity contribution in [3.8, 4) is 5.75 Å². The van der Waals surface area contributed by atoms with E-state index in [2.05, 4.69) is 24.3 Å². The smallest absolute Gasteiger partial charge is 0.308 e. The number of thioether (sulfide) groups is 1. The molecule has 5 heteroatoms. The van der Waals surface area contributed by atoms with Crippen LogP contribution in [0.15, 0.2) is 53.4 Å². The van der Waals surface area contributed by atoms with Gasteiger partial charge in [-0.25, -0.2) is 0 Å². The van der Waals surface area contributed by atoms with Gasteiger partial charge in [0, 0.05) is 38.1 Å². The molecule has 0 fully saturated rings. The van der Waals surface area contributed by atoms with Crippen LogP contribution in [0.4, 0.5) is 0 Å². The van der Waals surface area contributed by atoms with Gasteiger partial charge in [0.25, 0.3) is 0 Å². The first-order chi connectivity index (χ1) is 13.0. The monoisotopic (exact) mass is 381 g/mol. The first-order valence-electron chi connectivity index (χ1n) is 8.91. The van der Waals surface area contributed by atoms with Crippen molar-refractivity contribution < 1.29 is 14.3 Å². The van der Waals surface area contributed by atoms with Gasteiger partial charge in [-0.1, -0.05) is 30.3 Å². The molecule has 0 spiro atoms. The normalized spacial score (nSPS) is 14.1. The fraction of sp³-hybridized carbons (Fsp3) is 0.273. The van der Waals surface area contributed by atoms with E-state index in [4.69, 9.17) is 4.74 Å². The molecule has 0 unspecified atom stereocenters. The summed E-state index contributed by atoms with van der Waals surface area (Å²) in [6.45, 7) is 3.64. The summed E-state index contributed by atoms with van der Waals surface area (Å²) < 4.78 is 5.30. The summed E-state index contributed by atoms with van der Waals surface area (Å²) in [4.78, 5) is 25.7. The Morgan fingerprint density at radius 1 is 1.15 bits per heavy atom. The molecule has 0 aliphatic carbocycles. The molecule has 1 amide bonds. The number of ether oxygens (including phenoxy) is 1. The van der Waals surface area contributed by atoms with Crippen molar-refractivity contribution in [2.45, 2.75) is 30.9 Å². The van der Waals surface area contributed by atoms with Crippen molar-refractivity contribution in [3.63, 3.8) is 0 Å². The van der Waals surface area contributed by atoms with Gasteiger partial charge in [0.15, 0.2) is 0 Å². The molecule has 0 aromatic heterocycles. The number of esters is 1. The summed E-state index contributed by atoms with van der Waals surface area (Å²) in [6, 6.07) is 14.2. The van der Waals surface area contributed by atoms with Crippen LogP contribution >= 0.6 is 11.8 Å². The van der Waals surface area contributed by atoms with E-state index in [1.54, 1.807) is 23.6 Å². The average molecular weight is 381 g/mol. The fourth-order valence-electron chi connectivity index (χ4n) is 3.06. The van der Waals surface area contributed by atoms with Crippen LogP contribution in [0.25, 0.3) is 5.57 Å². The maximum Gasteiger partial charge on any atom is 0.308 e. The molecule has 0 atom stereocenters. The third-order valence-electron chi connectivity index (χ3n) is 4.54. The molecular formula is C22H23NO3S. The topological polar surface area (TPSA) is 46.6 Å². The first kappa shape index (κ1) is 19.2. The molecule has 27 heavy (non-hydrogen) atoms. The minimum absolute atomic E-state index is 0.0581. The molecule has 2 aromatic rings. The SMILES string of the molecule is CC(=O)Oc1ccc2c(c1)/C(=C\CCN(C)C(C)=O)c1ccccc1CS2. The Kier molecular flexibility index (Phi) is 6.01. The third kappa shape index (κ3) is 4.61. The largest absolute Gasteiger partial charge is 0.427 e. The first-order valence-corrected chi connectivity index (χ1v) is 9.90. The maximum atomic E-state index is 11.5. The lowest BCUT2D eigenvalue weighted by Crippen LogP contribution is -2.24. The molecule has 3 rings (SSSR count). The Bertz CT molecular complexity index is 904. The van der Waals surface area contributed by atoms with E-state index in [-0.39, 0.29) is 11.9 Å². The average Bonchev–Trinajstić information content (AvgIpc) is 2.78. The van der Waals surface area contributed by atoms with Crippen molar-refractivity contribution in [2.24, 2.45) is 0 Å². The number of carbonyl (C=O) groups excluding carboxylic acids is 2. The molecule has 0 saturated carbocycles. The number of hydrogen-bond acceptors (Lipinski definition) is 4. The molecule has 4 nitrogen and oxygen atoms in total. The molecule has 140 valence electrons. The van der Waals surface area contributed by atoms with Crippen LogP contribution in [0.2, 0.25) is 0 Å². The second-order valence-corrected chi connectivity index (χ2v) is 7.56. The van der Waals surface area contributed by atoms with Crippen LogP contribution in [-0.2, 0) is 15.3 Å². The highest BCUT2D eigenvalue weighted by Crippen LogP contribution is 2.41. The van der Waals surface area contributed by atoms with Crippen LogP contribution in [0.3, 0.4) is 0 Å². The number of rotatable bonds is 4. The zero-order valence-electron chi connectivity index (χ0n) is 15.8. The lowest BCUT2D eigenvalue weighted by molar-refractivity contribution is -0.132. The quantitative estimate of drug-likeness (QED) is 0.577. The molecule has 1 aliphatic rings. The number of amides is 1. The predicted octanol–water partition coefficient (Wildman–Crippen LogP) is 4.52. The number of fused-ring (bicyclic) bond motifs is 2. The lowest BCUT2D eigenvalue weighted by atomic mass is 9.93.